The molecule has 126 valence electrons. The van der Waals surface area contributed by atoms with Gasteiger partial charge in [0.1, 0.15) is 5.75 Å². The van der Waals surface area contributed by atoms with Crippen LogP contribution in [0.2, 0.25) is 0 Å². The minimum atomic E-state index is -4.78. The molecule has 0 saturated heterocycles. The lowest BCUT2D eigenvalue weighted by Crippen LogP contribution is -2.17. The number of benzene rings is 1. The van der Waals surface area contributed by atoms with E-state index in [2.05, 4.69) is 26.1 Å². The average Bonchev–Trinajstić information content (AvgIpc) is 2.23. The van der Waals surface area contributed by atoms with Gasteiger partial charge in [-0.1, -0.05) is 6.07 Å². The van der Waals surface area contributed by atoms with E-state index in [1.54, 1.807) is 13.8 Å². The second-order valence-electron chi connectivity index (χ2n) is 3.91. The first kappa shape index (κ1) is 20.8. The largest absolute Gasteiger partial charge is 0.573 e. The van der Waals surface area contributed by atoms with Crippen molar-refractivity contribution in [2.24, 2.45) is 0 Å². The molecular formula is C11H11Cl2F3O5S. The first-order valence-corrected chi connectivity index (χ1v) is 8.62. The third-order valence-electron chi connectivity index (χ3n) is 1.65. The molecular weight excluding hydrogens is 372 g/mol. The van der Waals surface area contributed by atoms with Gasteiger partial charge in [0.25, 0.3) is 0 Å². The van der Waals surface area contributed by atoms with Gasteiger partial charge in [0, 0.05) is 21.4 Å². The molecule has 0 radical (unpaired) electrons. The van der Waals surface area contributed by atoms with Crippen molar-refractivity contribution in [3.8, 4) is 5.75 Å². The molecule has 0 unspecified atom stereocenters. The molecule has 0 spiro atoms. The standard InChI is InChI=1S/C11H11F3O3.Cl2O2S/c1-7(2)16-10(15)8-4-3-5-9(6-8)17-11(12,13)14;1-5(2,3)4/h3-7H,1-2H3;. The lowest BCUT2D eigenvalue weighted by molar-refractivity contribution is -0.274. The van der Waals surface area contributed by atoms with Crippen LogP contribution in [0.4, 0.5) is 13.2 Å². The topological polar surface area (TPSA) is 69.7 Å². The van der Waals surface area contributed by atoms with Crippen LogP contribution in [-0.4, -0.2) is 26.9 Å². The third-order valence-corrected chi connectivity index (χ3v) is 1.65. The predicted molar refractivity (Wildman–Crippen MR) is 74.3 cm³/mol. The zero-order valence-electron chi connectivity index (χ0n) is 11.2. The molecule has 5 nitrogen and oxygen atoms in total. The average molecular weight is 383 g/mol. The van der Waals surface area contributed by atoms with Gasteiger partial charge in [0.05, 0.1) is 11.7 Å². The molecule has 0 fully saturated rings. The van der Waals surface area contributed by atoms with Crippen LogP contribution in [-0.2, 0) is 13.0 Å². The molecule has 0 heterocycles. The first-order valence-electron chi connectivity index (χ1n) is 5.49. The van der Waals surface area contributed by atoms with Gasteiger partial charge in [-0.3, -0.25) is 0 Å². The summed E-state index contributed by atoms with van der Waals surface area (Å²) in [4.78, 5) is 11.4. The second kappa shape index (κ2) is 8.44. The van der Waals surface area contributed by atoms with E-state index in [4.69, 9.17) is 13.2 Å². The summed E-state index contributed by atoms with van der Waals surface area (Å²) in [6, 6.07) is 4.74. The molecule has 0 aromatic heterocycles. The number of carbonyl (C=O) groups excluding carboxylic acids is 1. The Labute approximate surface area is 133 Å². The van der Waals surface area contributed by atoms with E-state index in [0.717, 1.165) is 12.1 Å². The van der Waals surface area contributed by atoms with E-state index in [1.165, 1.54) is 12.1 Å². The second-order valence-corrected chi connectivity index (χ2v) is 7.58. The Balaban J connectivity index is 0.000000763. The minimum Gasteiger partial charge on any atom is -0.459 e. The van der Waals surface area contributed by atoms with Crippen LogP contribution < -0.4 is 4.74 Å². The highest BCUT2D eigenvalue weighted by atomic mass is 36.0. The first-order chi connectivity index (χ1) is 9.78. The Morgan fingerprint density at radius 3 is 2.14 bits per heavy atom. The fourth-order valence-electron chi connectivity index (χ4n) is 1.10. The molecule has 0 amide bonds. The third kappa shape index (κ3) is 12.5. The van der Waals surface area contributed by atoms with Crippen molar-refractivity contribution in [1.82, 2.24) is 0 Å². The zero-order chi connectivity index (χ0) is 17.6. The number of hydrogen-bond acceptors (Lipinski definition) is 5. The van der Waals surface area contributed by atoms with E-state index in [-0.39, 0.29) is 11.7 Å². The van der Waals surface area contributed by atoms with Gasteiger partial charge in [-0.15, -0.1) is 13.2 Å². The molecule has 0 saturated carbocycles. The molecule has 1 rings (SSSR count). The lowest BCUT2D eigenvalue weighted by Gasteiger charge is -2.11. The van der Waals surface area contributed by atoms with Crippen molar-refractivity contribution in [3.63, 3.8) is 0 Å². The van der Waals surface area contributed by atoms with Crippen molar-refractivity contribution in [3.05, 3.63) is 29.8 Å². The minimum absolute atomic E-state index is 0.0143. The Bertz CT molecular complexity index is 594. The SMILES string of the molecule is CC(C)OC(=O)c1cccc(OC(F)(F)F)c1.O=S(=O)(Cl)Cl. The molecule has 0 atom stereocenters. The van der Waals surface area contributed by atoms with E-state index >= 15 is 0 Å². The lowest BCUT2D eigenvalue weighted by atomic mass is 10.2. The van der Waals surface area contributed by atoms with Gasteiger partial charge in [-0.2, -0.15) is 8.42 Å². The van der Waals surface area contributed by atoms with Gasteiger partial charge < -0.3 is 9.47 Å². The highest BCUT2D eigenvalue weighted by Gasteiger charge is 2.31. The summed E-state index contributed by atoms with van der Waals surface area (Å²) in [7, 11) is 4.81. The maximum Gasteiger partial charge on any atom is 0.573 e. The van der Waals surface area contributed by atoms with E-state index in [9.17, 15) is 18.0 Å². The number of carbonyl (C=O) groups is 1. The fraction of sp³-hybridized carbons (Fsp3) is 0.364. The number of esters is 1. The van der Waals surface area contributed by atoms with Crippen molar-refractivity contribution in [2.75, 3.05) is 0 Å². The van der Waals surface area contributed by atoms with Gasteiger partial charge in [-0.05, 0) is 32.0 Å². The summed E-state index contributed by atoms with van der Waals surface area (Å²) < 4.78 is 62.7. The van der Waals surface area contributed by atoms with Crippen molar-refractivity contribution >= 4 is 35.6 Å². The summed E-state index contributed by atoms with van der Waals surface area (Å²) in [6.45, 7) is 3.29. The number of alkyl halides is 3. The summed E-state index contributed by atoms with van der Waals surface area (Å²) in [5.74, 6) is -1.14. The number of hydrogen-bond donors (Lipinski definition) is 0. The van der Waals surface area contributed by atoms with Crippen LogP contribution in [0.15, 0.2) is 24.3 Å². The molecule has 22 heavy (non-hydrogen) atoms. The quantitative estimate of drug-likeness (QED) is 0.586. The Morgan fingerprint density at radius 2 is 1.73 bits per heavy atom. The van der Waals surface area contributed by atoms with E-state index in [1.807, 2.05) is 0 Å². The summed E-state index contributed by atoms with van der Waals surface area (Å²) >= 11 is 0. The number of ether oxygens (including phenoxy) is 2. The van der Waals surface area contributed by atoms with Gasteiger partial charge in [0.15, 0.2) is 0 Å². The summed E-state index contributed by atoms with van der Waals surface area (Å²) in [6.07, 6.45) is -5.12. The van der Waals surface area contributed by atoms with Crippen LogP contribution >= 0.6 is 21.4 Å². The molecule has 0 aliphatic heterocycles. The van der Waals surface area contributed by atoms with Crippen LogP contribution in [0.3, 0.4) is 0 Å². The molecule has 1 aromatic rings. The molecule has 0 bridgehead atoms. The highest BCUT2D eigenvalue weighted by molar-refractivity contribution is 8.31. The van der Waals surface area contributed by atoms with Crippen LogP contribution in [0.1, 0.15) is 24.2 Å². The number of halogens is 5. The van der Waals surface area contributed by atoms with Crippen LogP contribution in [0, 0.1) is 0 Å². The maximum atomic E-state index is 11.9. The Kier molecular flexibility index (Phi) is 7.99. The molecule has 0 N–H and O–H groups in total. The molecule has 0 aliphatic rings. The maximum absolute atomic E-state index is 11.9. The van der Waals surface area contributed by atoms with Crippen molar-refractivity contribution in [1.29, 1.82) is 0 Å². The predicted octanol–water partition coefficient (Wildman–Crippen LogP) is 3.86. The smallest absolute Gasteiger partial charge is 0.459 e. The normalized spacial score (nSPS) is 11.5. The fourth-order valence-corrected chi connectivity index (χ4v) is 1.10. The van der Waals surface area contributed by atoms with E-state index < -0.39 is 26.3 Å². The van der Waals surface area contributed by atoms with Gasteiger partial charge in [0.2, 0.25) is 0 Å². The summed E-state index contributed by atoms with van der Waals surface area (Å²) in [5, 5.41) is 0. The van der Waals surface area contributed by atoms with Gasteiger partial charge >= 0.3 is 20.6 Å². The zero-order valence-corrected chi connectivity index (χ0v) is 13.6. The van der Waals surface area contributed by atoms with E-state index in [0.29, 0.717) is 0 Å². The summed E-state index contributed by atoms with van der Waals surface area (Å²) in [5.41, 5.74) is 0.0143. The van der Waals surface area contributed by atoms with Crippen LogP contribution in [0.5, 0.6) is 5.75 Å². The number of rotatable bonds is 3. The van der Waals surface area contributed by atoms with Gasteiger partial charge in [-0.25, -0.2) is 4.79 Å². The molecule has 11 heteroatoms. The van der Waals surface area contributed by atoms with Crippen molar-refractivity contribution in [2.45, 2.75) is 26.3 Å². The molecule has 1 aromatic carbocycles. The Morgan fingerprint density at radius 1 is 1.23 bits per heavy atom. The Hall–Kier alpha value is -1.19. The van der Waals surface area contributed by atoms with Crippen molar-refractivity contribution < 1.29 is 35.9 Å². The van der Waals surface area contributed by atoms with Crippen LogP contribution in [0.25, 0.3) is 0 Å². The highest BCUT2D eigenvalue weighted by Crippen LogP contribution is 2.23. The monoisotopic (exact) mass is 382 g/mol. The molecule has 0 aliphatic carbocycles.